The first-order valence-electron chi connectivity index (χ1n) is 10.9. The molecule has 8 heteroatoms. The van der Waals surface area contributed by atoms with Crippen LogP contribution in [0.2, 0.25) is 0 Å². The minimum Gasteiger partial charge on any atom is -0.497 e. The number of piperazine rings is 1. The van der Waals surface area contributed by atoms with Crippen LogP contribution < -0.4 is 9.47 Å². The summed E-state index contributed by atoms with van der Waals surface area (Å²) < 4.78 is 16.2. The zero-order valence-electron chi connectivity index (χ0n) is 18.1. The molecule has 166 valence electrons. The van der Waals surface area contributed by atoms with Gasteiger partial charge in [0.25, 0.3) is 0 Å². The second kappa shape index (κ2) is 9.00. The number of fused-ring (bicyclic) bond motifs is 1. The van der Waals surface area contributed by atoms with Gasteiger partial charge in [-0.15, -0.1) is 0 Å². The quantitative estimate of drug-likeness (QED) is 0.590. The SMILES string of the molecule is COc1ccc(-c2noc(CN3CCN(C(=O)Cc4ccc5c(c4)CCO5)CC3)n2)cc1. The van der Waals surface area contributed by atoms with Crippen LogP contribution in [0, 0.1) is 0 Å². The molecule has 2 aliphatic rings. The summed E-state index contributed by atoms with van der Waals surface area (Å²) in [6.45, 7) is 4.28. The van der Waals surface area contributed by atoms with Gasteiger partial charge in [-0.2, -0.15) is 4.98 Å². The van der Waals surface area contributed by atoms with Crippen LogP contribution in [-0.4, -0.2) is 65.7 Å². The normalized spacial score (nSPS) is 16.0. The predicted molar refractivity (Wildman–Crippen MR) is 117 cm³/mol. The summed E-state index contributed by atoms with van der Waals surface area (Å²) in [5.41, 5.74) is 3.14. The fourth-order valence-electron chi connectivity index (χ4n) is 4.16. The Labute approximate surface area is 186 Å². The van der Waals surface area contributed by atoms with Crippen LogP contribution in [0.5, 0.6) is 11.5 Å². The van der Waals surface area contributed by atoms with E-state index in [1.165, 1.54) is 5.56 Å². The molecule has 5 rings (SSSR count). The summed E-state index contributed by atoms with van der Waals surface area (Å²) in [7, 11) is 1.64. The summed E-state index contributed by atoms with van der Waals surface area (Å²) in [4.78, 5) is 21.5. The van der Waals surface area contributed by atoms with Crippen molar-refractivity contribution in [2.75, 3.05) is 39.9 Å². The largest absolute Gasteiger partial charge is 0.497 e. The van der Waals surface area contributed by atoms with E-state index < -0.39 is 0 Å². The average molecular weight is 434 g/mol. The molecule has 0 spiro atoms. The molecule has 2 aliphatic heterocycles. The molecule has 3 aromatic rings. The van der Waals surface area contributed by atoms with Gasteiger partial charge in [-0.05, 0) is 41.5 Å². The second-order valence-electron chi connectivity index (χ2n) is 8.11. The Morgan fingerprint density at radius 3 is 2.69 bits per heavy atom. The van der Waals surface area contributed by atoms with E-state index in [0.29, 0.717) is 37.8 Å². The highest BCUT2D eigenvalue weighted by atomic mass is 16.5. The molecule has 0 aliphatic carbocycles. The van der Waals surface area contributed by atoms with Crippen molar-refractivity contribution in [3.05, 3.63) is 59.5 Å². The van der Waals surface area contributed by atoms with Gasteiger partial charge in [-0.3, -0.25) is 9.69 Å². The van der Waals surface area contributed by atoms with Gasteiger partial charge in [-0.25, -0.2) is 0 Å². The summed E-state index contributed by atoms with van der Waals surface area (Å²) in [6.07, 6.45) is 1.36. The Kier molecular flexibility index (Phi) is 5.77. The van der Waals surface area contributed by atoms with Gasteiger partial charge < -0.3 is 18.9 Å². The van der Waals surface area contributed by atoms with Crippen molar-refractivity contribution in [2.24, 2.45) is 0 Å². The molecule has 0 atom stereocenters. The first-order valence-corrected chi connectivity index (χ1v) is 10.9. The maximum absolute atomic E-state index is 12.8. The Morgan fingerprint density at radius 1 is 1.09 bits per heavy atom. The number of aromatic nitrogens is 2. The fraction of sp³-hybridized carbons (Fsp3) is 0.375. The van der Waals surface area contributed by atoms with Crippen LogP contribution >= 0.6 is 0 Å². The summed E-state index contributed by atoms with van der Waals surface area (Å²) in [5, 5.41) is 4.10. The summed E-state index contributed by atoms with van der Waals surface area (Å²) in [5.74, 6) is 3.05. The Balaban J connectivity index is 1.12. The van der Waals surface area contributed by atoms with Gasteiger partial charge in [-0.1, -0.05) is 17.3 Å². The first-order chi connectivity index (χ1) is 15.7. The molecular weight excluding hydrogens is 408 g/mol. The predicted octanol–water partition coefficient (Wildman–Crippen LogP) is 2.57. The molecule has 0 bridgehead atoms. The topological polar surface area (TPSA) is 80.9 Å². The van der Waals surface area contributed by atoms with Gasteiger partial charge >= 0.3 is 0 Å². The van der Waals surface area contributed by atoms with E-state index >= 15 is 0 Å². The number of methoxy groups -OCH3 is 1. The lowest BCUT2D eigenvalue weighted by Gasteiger charge is -2.34. The van der Waals surface area contributed by atoms with Crippen LogP contribution in [0.1, 0.15) is 17.0 Å². The first kappa shape index (κ1) is 20.5. The summed E-state index contributed by atoms with van der Waals surface area (Å²) >= 11 is 0. The maximum atomic E-state index is 12.8. The molecule has 0 saturated carbocycles. The van der Waals surface area contributed by atoms with E-state index in [1.54, 1.807) is 7.11 Å². The van der Waals surface area contributed by atoms with Crippen molar-refractivity contribution < 1.29 is 18.8 Å². The number of hydrogen-bond donors (Lipinski definition) is 0. The molecule has 3 heterocycles. The van der Waals surface area contributed by atoms with Gasteiger partial charge in [0, 0.05) is 38.2 Å². The van der Waals surface area contributed by atoms with Crippen LogP contribution in [0.3, 0.4) is 0 Å². The Bertz CT molecular complexity index is 1090. The molecule has 0 radical (unpaired) electrons. The van der Waals surface area contributed by atoms with Gasteiger partial charge in [0.15, 0.2) is 0 Å². The highest BCUT2D eigenvalue weighted by molar-refractivity contribution is 5.79. The number of rotatable bonds is 6. The van der Waals surface area contributed by atoms with E-state index in [4.69, 9.17) is 14.0 Å². The van der Waals surface area contributed by atoms with Crippen molar-refractivity contribution in [3.8, 4) is 22.9 Å². The average Bonchev–Trinajstić information content (AvgIpc) is 3.49. The molecule has 1 fully saturated rings. The third kappa shape index (κ3) is 4.45. The van der Waals surface area contributed by atoms with E-state index in [2.05, 4.69) is 21.1 Å². The molecule has 0 unspecified atom stereocenters. The van der Waals surface area contributed by atoms with E-state index in [-0.39, 0.29) is 5.91 Å². The number of ether oxygens (including phenoxy) is 2. The van der Waals surface area contributed by atoms with Gasteiger partial charge in [0.1, 0.15) is 11.5 Å². The minimum atomic E-state index is 0.170. The van der Waals surface area contributed by atoms with E-state index in [1.807, 2.05) is 41.3 Å². The molecule has 1 aromatic heterocycles. The third-order valence-electron chi connectivity index (χ3n) is 6.01. The molecule has 1 saturated heterocycles. The molecule has 8 nitrogen and oxygen atoms in total. The number of hydrogen-bond acceptors (Lipinski definition) is 7. The zero-order chi connectivity index (χ0) is 21.9. The van der Waals surface area contributed by atoms with Crippen LogP contribution in [0.25, 0.3) is 11.4 Å². The van der Waals surface area contributed by atoms with Crippen LogP contribution in [0.15, 0.2) is 47.0 Å². The van der Waals surface area contributed by atoms with Crippen LogP contribution in [0.4, 0.5) is 0 Å². The van der Waals surface area contributed by atoms with Crippen molar-refractivity contribution in [2.45, 2.75) is 19.4 Å². The number of nitrogens with zero attached hydrogens (tertiary/aromatic N) is 4. The highest BCUT2D eigenvalue weighted by Gasteiger charge is 2.23. The molecular formula is C24H26N4O4. The minimum absolute atomic E-state index is 0.170. The summed E-state index contributed by atoms with van der Waals surface area (Å²) in [6, 6.07) is 13.6. The zero-order valence-corrected chi connectivity index (χ0v) is 18.1. The third-order valence-corrected chi connectivity index (χ3v) is 6.01. The number of carbonyl (C=O) groups excluding carboxylic acids is 1. The molecule has 1 amide bonds. The van der Waals surface area contributed by atoms with E-state index in [9.17, 15) is 4.79 Å². The Morgan fingerprint density at radius 2 is 1.91 bits per heavy atom. The van der Waals surface area contributed by atoms with Crippen molar-refractivity contribution in [1.82, 2.24) is 19.9 Å². The monoisotopic (exact) mass is 434 g/mol. The number of benzene rings is 2. The highest BCUT2D eigenvalue weighted by Crippen LogP contribution is 2.26. The number of amides is 1. The standard InChI is InChI=1S/C24H26N4O4/c1-30-20-5-3-18(4-6-20)24-25-22(32-26-24)16-27-9-11-28(12-10-27)23(29)15-17-2-7-21-19(14-17)8-13-31-21/h2-7,14H,8-13,15-16H2,1H3. The lowest BCUT2D eigenvalue weighted by molar-refractivity contribution is -0.132. The van der Waals surface area contributed by atoms with Crippen LogP contribution in [-0.2, 0) is 24.2 Å². The molecule has 0 N–H and O–H groups in total. The van der Waals surface area contributed by atoms with E-state index in [0.717, 1.165) is 48.7 Å². The van der Waals surface area contributed by atoms with Gasteiger partial charge in [0.05, 0.1) is 26.7 Å². The van der Waals surface area contributed by atoms with Crippen molar-refractivity contribution in [3.63, 3.8) is 0 Å². The second-order valence-corrected chi connectivity index (χ2v) is 8.11. The number of carbonyl (C=O) groups is 1. The Hall–Kier alpha value is -3.39. The fourth-order valence-corrected chi connectivity index (χ4v) is 4.16. The smallest absolute Gasteiger partial charge is 0.241 e. The van der Waals surface area contributed by atoms with Crippen molar-refractivity contribution >= 4 is 5.91 Å². The lowest BCUT2D eigenvalue weighted by atomic mass is 10.1. The molecule has 32 heavy (non-hydrogen) atoms. The molecule has 2 aromatic carbocycles. The maximum Gasteiger partial charge on any atom is 0.241 e. The lowest BCUT2D eigenvalue weighted by Crippen LogP contribution is -2.48. The van der Waals surface area contributed by atoms with Crippen molar-refractivity contribution in [1.29, 1.82) is 0 Å². The van der Waals surface area contributed by atoms with Gasteiger partial charge in [0.2, 0.25) is 17.6 Å².